The molecular weight excluding hydrogens is 333 g/mol. The number of nitrogens with zero attached hydrogens (tertiary/aromatic N) is 4. The fourth-order valence-electron chi connectivity index (χ4n) is 2.81. The highest BCUT2D eigenvalue weighted by Gasteiger charge is 2.30. The number of ether oxygens (including phenoxy) is 1. The van der Waals surface area contributed by atoms with Gasteiger partial charge in [0.05, 0.1) is 18.2 Å². The maximum absolute atomic E-state index is 13.4. The first-order chi connectivity index (χ1) is 11.6. The Hall–Kier alpha value is -1.99. The molecule has 0 amide bonds. The van der Waals surface area contributed by atoms with Crippen molar-refractivity contribution in [2.24, 2.45) is 0 Å². The number of benzene rings is 1. The molecule has 4 rings (SSSR count). The summed E-state index contributed by atoms with van der Waals surface area (Å²) >= 11 is 5.88. The number of hydrogen-bond acceptors (Lipinski definition) is 6. The van der Waals surface area contributed by atoms with Crippen LogP contribution in [0.25, 0.3) is 0 Å². The SMILES string of the molecule is Nc1nc(C2CC2)nc(N2CCOC(c3ccc(F)c(Cl)c3)C2)n1. The van der Waals surface area contributed by atoms with Gasteiger partial charge in [0.15, 0.2) is 0 Å². The van der Waals surface area contributed by atoms with Gasteiger partial charge in [0.2, 0.25) is 11.9 Å². The molecule has 2 fully saturated rings. The number of rotatable bonds is 3. The lowest BCUT2D eigenvalue weighted by Gasteiger charge is -2.33. The van der Waals surface area contributed by atoms with Crippen LogP contribution in [0, 0.1) is 5.82 Å². The van der Waals surface area contributed by atoms with E-state index in [9.17, 15) is 4.39 Å². The Bertz CT molecular complexity index is 770. The van der Waals surface area contributed by atoms with E-state index in [0.29, 0.717) is 31.6 Å². The van der Waals surface area contributed by atoms with E-state index in [2.05, 4.69) is 15.0 Å². The first-order valence-corrected chi connectivity index (χ1v) is 8.31. The molecule has 1 saturated carbocycles. The minimum absolute atomic E-state index is 0.0913. The third-order valence-electron chi connectivity index (χ3n) is 4.27. The van der Waals surface area contributed by atoms with Gasteiger partial charge >= 0.3 is 0 Å². The molecule has 2 heterocycles. The Balaban J connectivity index is 1.57. The highest BCUT2D eigenvalue weighted by Crippen LogP contribution is 2.38. The molecule has 2 aromatic rings. The molecular formula is C16H17ClFN5O. The minimum atomic E-state index is -0.438. The summed E-state index contributed by atoms with van der Waals surface area (Å²) in [6.45, 7) is 1.73. The molecule has 1 aliphatic heterocycles. The second-order valence-electron chi connectivity index (χ2n) is 6.11. The van der Waals surface area contributed by atoms with E-state index in [4.69, 9.17) is 22.1 Å². The van der Waals surface area contributed by atoms with Gasteiger partial charge < -0.3 is 15.4 Å². The average Bonchev–Trinajstić information content (AvgIpc) is 3.42. The Morgan fingerprint density at radius 3 is 2.83 bits per heavy atom. The smallest absolute Gasteiger partial charge is 0.230 e. The lowest BCUT2D eigenvalue weighted by Crippen LogP contribution is -2.39. The van der Waals surface area contributed by atoms with Crippen LogP contribution < -0.4 is 10.6 Å². The standard InChI is InChI=1S/C16H17ClFN5O/c17-11-7-10(3-4-12(11)18)13-8-23(5-6-24-13)16-21-14(9-1-2-9)20-15(19)22-16/h3-4,7,9,13H,1-2,5-6,8H2,(H2,19,20,21,22). The molecule has 1 aromatic carbocycles. The predicted octanol–water partition coefficient (Wildman–Crippen LogP) is 2.70. The van der Waals surface area contributed by atoms with Gasteiger partial charge in [-0.05, 0) is 30.5 Å². The maximum atomic E-state index is 13.4. The van der Waals surface area contributed by atoms with Crippen LogP contribution in [0.15, 0.2) is 18.2 Å². The van der Waals surface area contributed by atoms with Crippen molar-refractivity contribution in [1.29, 1.82) is 0 Å². The number of nitrogen functional groups attached to an aromatic ring is 1. The predicted molar refractivity (Wildman–Crippen MR) is 88.5 cm³/mol. The van der Waals surface area contributed by atoms with Crippen molar-refractivity contribution in [3.8, 4) is 0 Å². The lowest BCUT2D eigenvalue weighted by molar-refractivity contribution is 0.0392. The monoisotopic (exact) mass is 349 g/mol. The van der Waals surface area contributed by atoms with Gasteiger partial charge in [0.1, 0.15) is 17.7 Å². The zero-order chi connectivity index (χ0) is 16.7. The summed E-state index contributed by atoms with van der Waals surface area (Å²) in [6.07, 6.45) is 1.98. The van der Waals surface area contributed by atoms with E-state index >= 15 is 0 Å². The lowest BCUT2D eigenvalue weighted by atomic mass is 10.1. The Kier molecular flexibility index (Phi) is 3.97. The van der Waals surface area contributed by atoms with Crippen molar-refractivity contribution in [3.05, 3.63) is 40.4 Å². The molecule has 1 saturated heterocycles. The van der Waals surface area contributed by atoms with E-state index in [1.165, 1.54) is 6.07 Å². The second-order valence-corrected chi connectivity index (χ2v) is 6.51. The van der Waals surface area contributed by atoms with Crippen LogP contribution in [0.4, 0.5) is 16.3 Å². The highest BCUT2D eigenvalue weighted by atomic mass is 35.5. The summed E-state index contributed by atoms with van der Waals surface area (Å²) in [7, 11) is 0. The van der Waals surface area contributed by atoms with Crippen molar-refractivity contribution < 1.29 is 9.13 Å². The molecule has 8 heteroatoms. The van der Waals surface area contributed by atoms with Gasteiger partial charge in [0.25, 0.3) is 0 Å². The molecule has 6 nitrogen and oxygen atoms in total. The Morgan fingerprint density at radius 1 is 1.25 bits per heavy atom. The fourth-order valence-corrected chi connectivity index (χ4v) is 3.00. The van der Waals surface area contributed by atoms with E-state index < -0.39 is 5.82 Å². The van der Waals surface area contributed by atoms with Crippen molar-refractivity contribution >= 4 is 23.5 Å². The van der Waals surface area contributed by atoms with Crippen LogP contribution in [0.3, 0.4) is 0 Å². The van der Waals surface area contributed by atoms with E-state index in [1.807, 2.05) is 4.90 Å². The summed E-state index contributed by atoms with van der Waals surface area (Å²) in [4.78, 5) is 15.1. The molecule has 2 N–H and O–H groups in total. The van der Waals surface area contributed by atoms with E-state index in [-0.39, 0.29) is 17.1 Å². The van der Waals surface area contributed by atoms with Crippen LogP contribution in [0.5, 0.6) is 0 Å². The molecule has 0 radical (unpaired) electrons. The van der Waals surface area contributed by atoms with Crippen LogP contribution in [-0.2, 0) is 4.74 Å². The number of morpholine rings is 1. The zero-order valence-electron chi connectivity index (χ0n) is 13.0. The topological polar surface area (TPSA) is 77.2 Å². The number of halogens is 2. The molecule has 0 spiro atoms. The number of hydrogen-bond donors (Lipinski definition) is 1. The number of nitrogens with two attached hydrogens (primary N) is 1. The molecule has 1 unspecified atom stereocenters. The molecule has 0 bridgehead atoms. The second kappa shape index (κ2) is 6.14. The van der Waals surface area contributed by atoms with Gasteiger partial charge in [0, 0.05) is 12.5 Å². The zero-order valence-corrected chi connectivity index (χ0v) is 13.7. The van der Waals surface area contributed by atoms with Crippen molar-refractivity contribution in [1.82, 2.24) is 15.0 Å². The van der Waals surface area contributed by atoms with Crippen molar-refractivity contribution in [3.63, 3.8) is 0 Å². The van der Waals surface area contributed by atoms with Gasteiger partial charge in [-0.1, -0.05) is 17.7 Å². The third-order valence-corrected chi connectivity index (χ3v) is 4.56. The van der Waals surface area contributed by atoms with Gasteiger partial charge in [-0.25, -0.2) is 4.39 Å². The molecule has 1 aliphatic carbocycles. The maximum Gasteiger partial charge on any atom is 0.230 e. The van der Waals surface area contributed by atoms with E-state index in [0.717, 1.165) is 24.2 Å². The summed E-state index contributed by atoms with van der Waals surface area (Å²) in [5, 5.41) is 0.0913. The van der Waals surface area contributed by atoms with Crippen LogP contribution in [0.2, 0.25) is 5.02 Å². The van der Waals surface area contributed by atoms with Crippen LogP contribution >= 0.6 is 11.6 Å². The Labute approximate surface area is 143 Å². The summed E-state index contributed by atoms with van der Waals surface area (Å²) in [5.74, 6) is 1.56. The summed E-state index contributed by atoms with van der Waals surface area (Å²) in [5.41, 5.74) is 6.66. The quantitative estimate of drug-likeness (QED) is 0.918. The van der Waals surface area contributed by atoms with Gasteiger partial charge in [-0.3, -0.25) is 0 Å². The van der Waals surface area contributed by atoms with Crippen molar-refractivity contribution in [2.45, 2.75) is 24.9 Å². The van der Waals surface area contributed by atoms with Gasteiger partial charge in [-0.2, -0.15) is 15.0 Å². The molecule has 126 valence electrons. The third kappa shape index (κ3) is 3.14. The summed E-state index contributed by atoms with van der Waals surface area (Å²) < 4.78 is 19.2. The van der Waals surface area contributed by atoms with Crippen LogP contribution in [-0.4, -0.2) is 34.6 Å². The number of anilines is 2. The molecule has 1 atom stereocenters. The molecule has 1 aromatic heterocycles. The summed E-state index contributed by atoms with van der Waals surface area (Å²) in [6, 6.07) is 4.64. The molecule has 24 heavy (non-hydrogen) atoms. The Morgan fingerprint density at radius 2 is 2.08 bits per heavy atom. The van der Waals surface area contributed by atoms with Crippen molar-refractivity contribution in [2.75, 3.05) is 30.3 Å². The fraction of sp³-hybridized carbons (Fsp3) is 0.438. The average molecular weight is 350 g/mol. The molecule has 2 aliphatic rings. The highest BCUT2D eigenvalue weighted by molar-refractivity contribution is 6.30. The van der Waals surface area contributed by atoms with E-state index in [1.54, 1.807) is 12.1 Å². The first-order valence-electron chi connectivity index (χ1n) is 7.93. The first kappa shape index (κ1) is 15.5. The normalized spacial score (nSPS) is 21.1. The van der Waals surface area contributed by atoms with Crippen LogP contribution in [0.1, 0.15) is 36.3 Å². The number of aromatic nitrogens is 3. The largest absolute Gasteiger partial charge is 0.370 e. The van der Waals surface area contributed by atoms with Gasteiger partial charge in [-0.15, -0.1) is 0 Å². The minimum Gasteiger partial charge on any atom is -0.370 e.